The maximum Gasteiger partial charge on any atom is 0.258 e. The van der Waals surface area contributed by atoms with Gasteiger partial charge in [-0.15, -0.1) is 0 Å². The molecule has 0 aliphatic heterocycles. The van der Waals surface area contributed by atoms with E-state index >= 15 is 0 Å². The minimum absolute atomic E-state index is 0.153. The zero-order chi connectivity index (χ0) is 19.2. The fraction of sp³-hybridized carbons (Fsp3) is 0.250. The summed E-state index contributed by atoms with van der Waals surface area (Å²) in [7, 11) is 1.64. The lowest BCUT2D eigenvalue weighted by atomic mass is 10.2. The van der Waals surface area contributed by atoms with Crippen LogP contribution in [-0.4, -0.2) is 40.2 Å². The second-order valence-electron chi connectivity index (χ2n) is 6.24. The van der Waals surface area contributed by atoms with E-state index in [4.69, 9.17) is 17.0 Å². The first-order chi connectivity index (χ1) is 13.1. The lowest BCUT2D eigenvalue weighted by Crippen LogP contribution is -2.37. The molecule has 0 atom stereocenters. The average molecular weight is 382 g/mol. The summed E-state index contributed by atoms with van der Waals surface area (Å²) < 4.78 is 5.20. The van der Waals surface area contributed by atoms with Crippen LogP contribution >= 0.6 is 12.2 Å². The summed E-state index contributed by atoms with van der Waals surface area (Å²) >= 11 is 5.58. The van der Waals surface area contributed by atoms with Crippen LogP contribution in [0.4, 0.5) is 5.69 Å². The van der Waals surface area contributed by atoms with E-state index in [1.807, 2.05) is 54.3 Å². The van der Waals surface area contributed by atoms with Crippen LogP contribution in [0.15, 0.2) is 53.3 Å². The average Bonchev–Trinajstić information content (AvgIpc) is 2.65. The van der Waals surface area contributed by atoms with E-state index in [9.17, 15) is 4.79 Å². The van der Waals surface area contributed by atoms with E-state index in [0.29, 0.717) is 41.5 Å². The van der Waals surface area contributed by atoms with Gasteiger partial charge in [-0.1, -0.05) is 24.3 Å². The quantitative estimate of drug-likeness (QED) is 0.639. The minimum atomic E-state index is -0.153. The van der Waals surface area contributed by atoms with Crippen molar-refractivity contribution in [1.29, 1.82) is 0 Å². The van der Waals surface area contributed by atoms with E-state index in [1.165, 1.54) is 0 Å². The molecule has 2 N–H and O–H groups in total. The number of aromatic amines is 1. The maximum absolute atomic E-state index is 12.3. The molecule has 6 nitrogen and oxygen atoms in total. The molecule has 27 heavy (non-hydrogen) atoms. The number of aromatic nitrogens is 2. The zero-order valence-corrected chi connectivity index (χ0v) is 16.2. The number of thiocarbonyl (C=S) groups is 1. The summed E-state index contributed by atoms with van der Waals surface area (Å²) in [6, 6.07) is 15.3. The molecule has 0 saturated carbocycles. The molecule has 0 amide bonds. The van der Waals surface area contributed by atoms with E-state index in [-0.39, 0.29) is 5.56 Å². The lowest BCUT2D eigenvalue weighted by Gasteiger charge is -2.25. The van der Waals surface area contributed by atoms with Crippen molar-refractivity contribution in [3.63, 3.8) is 0 Å². The summed E-state index contributed by atoms with van der Waals surface area (Å²) in [4.78, 5) is 21.6. The number of methoxy groups -OCH3 is 1. The van der Waals surface area contributed by atoms with Crippen molar-refractivity contribution < 1.29 is 4.74 Å². The minimum Gasteiger partial charge on any atom is -0.383 e. The van der Waals surface area contributed by atoms with E-state index in [1.54, 1.807) is 13.2 Å². The normalized spacial score (nSPS) is 10.7. The van der Waals surface area contributed by atoms with Crippen LogP contribution in [0.5, 0.6) is 0 Å². The maximum atomic E-state index is 12.3. The smallest absolute Gasteiger partial charge is 0.258 e. The second kappa shape index (κ2) is 8.75. The van der Waals surface area contributed by atoms with Gasteiger partial charge in [-0.3, -0.25) is 4.79 Å². The number of fused-ring (bicyclic) bond motifs is 1. The molecule has 3 aromatic rings. The number of benzene rings is 2. The van der Waals surface area contributed by atoms with Crippen molar-refractivity contribution in [3.8, 4) is 0 Å². The molecule has 0 bridgehead atoms. The van der Waals surface area contributed by atoms with Crippen LogP contribution in [0.3, 0.4) is 0 Å². The van der Waals surface area contributed by atoms with Crippen molar-refractivity contribution >= 4 is 33.9 Å². The van der Waals surface area contributed by atoms with Crippen molar-refractivity contribution in [1.82, 2.24) is 14.9 Å². The number of H-pyrrole nitrogens is 1. The third kappa shape index (κ3) is 4.90. The molecular weight excluding hydrogens is 360 g/mol. The molecule has 0 fully saturated rings. The molecule has 0 saturated heterocycles. The van der Waals surface area contributed by atoms with E-state index < -0.39 is 0 Å². The predicted molar refractivity (Wildman–Crippen MR) is 112 cm³/mol. The number of hydrogen-bond acceptors (Lipinski definition) is 4. The third-order valence-electron chi connectivity index (χ3n) is 4.12. The van der Waals surface area contributed by atoms with Gasteiger partial charge in [0.1, 0.15) is 5.82 Å². The highest BCUT2D eigenvalue weighted by Crippen LogP contribution is 2.12. The zero-order valence-electron chi connectivity index (χ0n) is 15.4. The Bertz CT molecular complexity index is 1000. The Kier molecular flexibility index (Phi) is 6.16. The van der Waals surface area contributed by atoms with Crippen molar-refractivity contribution in [3.05, 3.63) is 70.3 Å². The Morgan fingerprint density at radius 2 is 2.07 bits per heavy atom. The monoisotopic (exact) mass is 382 g/mol. The Morgan fingerprint density at radius 1 is 1.26 bits per heavy atom. The fourth-order valence-electron chi connectivity index (χ4n) is 2.77. The van der Waals surface area contributed by atoms with Gasteiger partial charge in [0.05, 0.1) is 24.1 Å². The molecule has 1 aromatic heterocycles. The van der Waals surface area contributed by atoms with Gasteiger partial charge in [-0.05, 0) is 49.0 Å². The number of para-hydroxylation sites is 1. The largest absolute Gasteiger partial charge is 0.383 e. The van der Waals surface area contributed by atoms with Gasteiger partial charge in [0.2, 0.25) is 0 Å². The predicted octanol–water partition coefficient (Wildman–Crippen LogP) is 3.08. The Labute approximate surface area is 163 Å². The Balaban J connectivity index is 1.82. The van der Waals surface area contributed by atoms with Gasteiger partial charge in [0.25, 0.3) is 5.56 Å². The van der Waals surface area contributed by atoms with Crippen molar-refractivity contribution in [2.24, 2.45) is 0 Å². The third-order valence-corrected chi connectivity index (χ3v) is 4.48. The second-order valence-corrected chi connectivity index (χ2v) is 6.63. The van der Waals surface area contributed by atoms with Gasteiger partial charge >= 0.3 is 0 Å². The van der Waals surface area contributed by atoms with E-state index in [0.717, 1.165) is 11.3 Å². The van der Waals surface area contributed by atoms with Crippen molar-refractivity contribution in [2.75, 3.05) is 25.6 Å². The Morgan fingerprint density at radius 3 is 2.85 bits per heavy atom. The molecular formula is C20H22N4O2S. The molecule has 2 aromatic carbocycles. The molecule has 7 heteroatoms. The SMILES string of the molecule is COCCN(Cc1nc2ccccc2c(=O)[nH]1)C(=S)Nc1cccc(C)c1. The Hall–Kier alpha value is -2.77. The van der Waals surface area contributed by atoms with Crippen molar-refractivity contribution in [2.45, 2.75) is 13.5 Å². The highest BCUT2D eigenvalue weighted by atomic mass is 32.1. The van der Waals surface area contributed by atoms with Gasteiger partial charge in [0.15, 0.2) is 5.11 Å². The van der Waals surface area contributed by atoms with Gasteiger partial charge in [-0.25, -0.2) is 4.98 Å². The molecule has 0 unspecified atom stereocenters. The summed E-state index contributed by atoms with van der Waals surface area (Å²) in [5, 5.41) is 4.37. The lowest BCUT2D eigenvalue weighted by molar-refractivity contribution is 0.174. The van der Waals surface area contributed by atoms with Gasteiger partial charge in [0, 0.05) is 19.3 Å². The van der Waals surface area contributed by atoms with Crippen LogP contribution in [0.1, 0.15) is 11.4 Å². The fourth-order valence-corrected chi connectivity index (χ4v) is 3.04. The summed E-state index contributed by atoms with van der Waals surface area (Å²) in [6.45, 7) is 3.49. The molecule has 0 aliphatic carbocycles. The molecule has 0 aliphatic rings. The number of hydrogen-bond donors (Lipinski definition) is 2. The number of ether oxygens (including phenoxy) is 1. The summed E-state index contributed by atoms with van der Waals surface area (Å²) in [6.07, 6.45) is 0. The van der Waals surface area contributed by atoms with E-state index in [2.05, 4.69) is 15.3 Å². The number of nitrogens with zero attached hydrogens (tertiary/aromatic N) is 2. The van der Waals surface area contributed by atoms with Crippen LogP contribution in [0.2, 0.25) is 0 Å². The standard InChI is InChI=1S/C20H22N4O2S/c1-14-6-5-7-15(12-14)21-20(27)24(10-11-26-2)13-18-22-17-9-4-3-8-16(17)19(25)23-18/h3-9,12H,10-11,13H2,1-2H3,(H,21,27)(H,22,23,25). The molecule has 1 heterocycles. The van der Waals surface area contributed by atoms with Crippen LogP contribution in [-0.2, 0) is 11.3 Å². The van der Waals surface area contributed by atoms with Crippen LogP contribution in [0.25, 0.3) is 10.9 Å². The van der Waals surface area contributed by atoms with Gasteiger partial charge < -0.3 is 19.9 Å². The van der Waals surface area contributed by atoms with Crippen LogP contribution < -0.4 is 10.9 Å². The highest BCUT2D eigenvalue weighted by Gasteiger charge is 2.13. The first-order valence-electron chi connectivity index (χ1n) is 8.66. The topological polar surface area (TPSA) is 70.2 Å². The summed E-state index contributed by atoms with van der Waals surface area (Å²) in [5.74, 6) is 0.559. The molecule has 140 valence electrons. The number of aryl methyl sites for hydroxylation is 1. The van der Waals surface area contributed by atoms with Gasteiger partial charge in [-0.2, -0.15) is 0 Å². The summed E-state index contributed by atoms with van der Waals surface area (Å²) in [5.41, 5.74) is 2.58. The molecule has 3 rings (SSSR count). The first kappa shape index (κ1) is 19.0. The van der Waals surface area contributed by atoms with Crippen LogP contribution in [0, 0.1) is 6.92 Å². The molecule has 0 radical (unpaired) electrons. The number of rotatable bonds is 6. The number of nitrogens with one attached hydrogen (secondary N) is 2. The number of anilines is 1. The molecule has 0 spiro atoms. The highest BCUT2D eigenvalue weighted by molar-refractivity contribution is 7.80. The first-order valence-corrected chi connectivity index (χ1v) is 9.07.